The molecule has 0 radical (unpaired) electrons. The SMILES string of the molecule is O=C(Cc1cccc(F)c1)NCC1CCCS1. The number of hydrogen-bond acceptors (Lipinski definition) is 2. The highest BCUT2D eigenvalue weighted by Gasteiger charge is 2.16. The van der Waals surface area contributed by atoms with Gasteiger partial charge in [-0.15, -0.1) is 0 Å². The smallest absolute Gasteiger partial charge is 0.224 e. The van der Waals surface area contributed by atoms with E-state index in [1.807, 2.05) is 11.8 Å². The van der Waals surface area contributed by atoms with E-state index in [4.69, 9.17) is 0 Å². The highest BCUT2D eigenvalue weighted by molar-refractivity contribution is 8.00. The average molecular weight is 253 g/mol. The third kappa shape index (κ3) is 4.04. The largest absolute Gasteiger partial charge is 0.355 e. The monoisotopic (exact) mass is 253 g/mol. The Kier molecular flexibility index (Phi) is 4.42. The van der Waals surface area contributed by atoms with Gasteiger partial charge in [-0.2, -0.15) is 11.8 Å². The molecule has 0 spiro atoms. The van der Waals surface area contributed by atoms with Gasteiger partial charge in [-0.25, -0.2) is 4.39 Å². The van der Waals surface area contributed by atoms with E-state index >= 15 is 0 Å². The normalized spacial score (nSPS) is 19.2. The van der Waals surface area contributed by atoms with Gasteiger partial charge in [-0.3, -0.25) is 4.79 Å². The summed E-state index contributed by atoms with van der Waals surface area (Å²) in [5.41, 5.74) is 0.724. The number of benzene rings is 1. The van der Waals surface area contributed by atoms with E-state index in [-0.39, 0.29) is 18.1 Å². The molecule has 1 unspecified atom stereocenters. The molecule has 1 heterocycles. The highest BCUT2D eigenvalue weighted by atomic mass is 32.2. The second kappa shape index (κ2) is 6.05. The quantitative estimate of drug-likeness (QED) is 0.892. The molecular formula is C13H16FNOS. The standard InChI is InChI=1S/C13H16FNOS/c14-11-4-1-3-10(7-11)8-13(16)15-9-12-5-2-6-17-12/h1,3-4,7,12H,2,5-6,8-9H2,(H,15,16). The van der Waals surface area contributed by atoms with Crippen molar-refractivity contribution >= 4 is 17.7 Å². The molecule has 0 saturated carbocycles. The number of halogens is 1. The Morgan fingerprint density at radius 3 is 3.12 bits per heavy atom. The molecule has 1 atom stereocenters. The summed E-state index contributed by atoms with van der Waals surface area (Å²) in [4.78, 5) is 11.6. The zero-order valence-corrected chi connectivity index (χ0v) is 10.4. The molecule has 1 fully saturated rings. The van der Waals surface area contributed by atoms with E-state index in [9.17, 15) is 9.18 Å². The van der Waals surface area contributed by atoms with Crippen LogP contribution < -0.4 is 5.32 Å². The first-order chi connectivity index (χ1) is 8.24. The lowest BCUT2D eigenvalue weighted by Crippen LogP contribution is -2.30. The van der Waals surface area contributed by atoms with Crippen LogP contribution >= 0.6 is 11.8 Å². The molecule has 1 aliphatic rings. The minimum Gasteiger partial charge on any atom is -0.355 e. The van der Waals surface area contributed by atoms with Crippen molar-refractivity contribution in [1.29, 1.82) is 0 Å². The molecule has 1 aliphatic heterocycles. The highest BCUT2D eigenvalue weighted by Crippen LogP contribution is 2.25. The van der Waals surface area contributed by atoms with Gasteiger partial charge in [0.2, 0.25) is 5.91 Å². The molecule has 1 aromatic carbocycles. The van der Waals surface area contributed by atoms with Gasteiger partial charge in [-0.1, -0.05) is 12.1 Å². The zero-order chi connectivity index (χ0) is 12.1. The number of carbonyl (C=O) groups is 1. The lowest BCUT2D eigenvalue weighted by atomic mass is 10.1. The maximum atomic E-state index is 12.9. The Labute approximate surface area is 105 Å². The van der Waals surface area contributed by atoms with Gasteiger partial charge in [0.15, 0.2) is 0 Å². The van der Waals surface area contributed by atoms with Crippen molar-refractivity contribution in [3.63, 3.8) is 0 Å². The summed E-state index contributed by atoms with van der Waals surface area (Å²) in [6.45, 7) is 0.735. The van der Waals surface area contributed by atoms with Crippen molar-refractivity contribution in [2.45, 2.75) is 24.5 Å². The molecule has 1 N–H and O–H groups in total. The summed E-state index contributed by atoms with van der Waals surface area (Å²) in [5, 5.41) is 3.47. The van der Waals surface area contributed by atoms with Gasteiger partial charge in [0.05, 0.1) is 6.42 Å². The van der Waals surface area contributed by atoms with E-state index in [0.717, 1.165) is 12.1 Å². The summed E-state index contributed by atoms with van der Waals surface area (Å²) in [6, 6.07) is 6.19. The van der Waals surface area contributed by atoms with E-state index < -0.39 is 0 Å². The third-order valence-corrected chi connectivity index (χ3v) is 4.20. The summed E-state index contributed by atoms with van der Waals surface area (Å²) in [6.07, 6.45) is 2.69. The summed E-state index contributed by atoms with van der Waals surface area (Å²) < 4.78 is 12.9. The second-order valence-corrected chi connectivity index (χ2v) is 5.65. The number of hydrogen-bond donors (Lipinski definition) is 1. The first-order valence-corrected chi connectivity index (χ1v) is 6.91. The Morgan fingerprint density at radius 2 is 2.41 bits per heavy atom. The fraction of sp³-hybridized carbons (Fsp3) is 0.462. The van der Waals surface area contributed by atoms with Crippen molar-refractivity contribution in [2.75, 3.05) is 12.3 Å². The van der Waals surface area contributed by atoms with Gasteiger partial charge in [0.1, 0.15) is 5.82 Å². The molecule has 92 valence electrons. The van der Waals surface area contributed by atoms with Gasteiger partial charge in [0, 0.05) is 11.8 Å². The second-order valence-electron chi connectivity index (χ2n) is 4.25. The van der Waals surface area contributed by atoms with Crippen molar-refractivity contribution in [3.8, 4) is 0 Å². The molecule has 1 saturated heterocycles. The number of amides is 1. The van der Waals surface area contributed by atoms with E-state index in [1.54, 1.807) is 12.1 Å². The predicted octanol–water partition coefficient (Wildman–Crippen LogP) is 2.38. The van der Waals surface area contributed by atoms with Crippen LogP contribution in [0, 0.1) is 5.82 Å². The molecule has 1 aromatic rings. The molecule has 17 heavy (non-hydrogen) atoms. The first kappa shape index (κ1) is 12.4. The third-order valence-electron chi connectivity index (χ3n) is 2.80. The molecular weight excluding hydrogens is 237 g/mol. The Morgan fingerprint density at radius 1 is 1.53 bits per heavy atom. The van der Waals surface area contributed by atoms with Gasteiger partial charge in [0.25, 0.3) is 0 Å². The topological polar surface area (TPSA) is 29.1 Å². The van der Waals surface area contributed by atoms with Crippen LogP contribution in [-0.4, -0.2) is 23.5 Å². The minimum atomic E-state index is -0.290. The molecule has 0 aliphatic carbocycles. The summed E-state index contributed by atoms with van der Waals surface area (Å²) in [7, 11) is 0. The Balaban J connectivity index is 1.76. The lowest BCUT2D eigenvalue weighted by molar-refractivity contribution is -0.120. The van der Waals surface area contributed by atoms with Crippen LogP contribution in [0.2, 0.25) is 0 Å². The molecule has 2 nitrogen and oxygen atoms in total. The fourth-order valence-corrected chi connectivity index (χ4v) is 3.13. The lowest BCUT2D eigenvalue weighted by Gasteiger charge is -2.10. The fourth-order valence-electron chi connectivity index (χ4n) is 1.93. The number of nitrogens with one attached hydrogen (secondary N) is 1. The van der Waals surface area contributed by atoms with Gasteiger partial charge in [-0.05, 0) is 36.3 Å². The van der Waals surface area contributed by atoms with Crippen LogP contribution in [0.3, 0.4) is 0 Å². The minimum absolute atomic E-state index is 0.0249. The van der Waals surface area contributed by atoms with Crippen molar-refractivity contribution < 1.29 is 9.18 Å². The molecule has 4 heteroatoms. The maximum Gasteiger partial charge on any atom is 0.224 e. The van der Waals surface area contributed by atoms with Crippen molar-refractivity contribution in [2.24, 2.45) is 0 Å². The van der Waals surface area contributed by atoms with Crippen LogP contribution in [0.4, 0.5) is 4.39 Å². The van der Waals surface area contributed by atoms with Crippen LogP contribution in [0.25, 0.3) is 0 Å². The molecule has 0 aromatic heterocycles. The molecule has 0 bridgehead atoms. The number of carbonyl (C=O) groups excluding carboxylic acids is 1. The zero-order valence-electron chi connectivity index (χ0n) is 9.62. The van der Waals surface area contributed by atoms with Crippen LogP contribution in [0.1, 0.15) is 18.4 Å². The van der Waals surface area contributed by atoms with Crippen LogP contribution in [-0.2, 0) is 11.2 Å². The van der Waals surface area contributed by atoms with Crippen molar-refractivity contribution in [1.82, 2.24) is 5.32 Å². The maximum absolute atomic E-state index is 12.9. The summed E-state index contributed by atoms with van der Waals surface area (Å²) >= 11 is 1.92. The number of thioether (sulfide) groups is 1. The van der Waals surface area contributed by atoms with E-state index in [2.05, 4.69) is 5.32 Å². The number of rotatable bonds is 4. The Bertz CT molecular complexity index is 391. The van der Waals surface area contributed by atoms with Crippen molar-refractivity contribution in [3.05, 3.63) is 35.6 Å². The first-order valence-electron chi connectivity index (χ1n) is 5.87. The molecule has 2 rings (SSSR count). The predicted molar refractivity (Wildman–Crippen MR) is 68.6 cm³/mol. The van der Waals surface area contributed by atoms with Gasteiger partial charge < -0.3 is 5.32 Å². The van der Waals surface area contributed by atoms with E-state index in [0.29, 0.717) is 5.25 Å². The van der Waals surface area contributed by atoms with Crippen LogP contribution in [0.5, 0.6) is 0 Å². The van der Waals surface area contributed by atoms with Crippen LogP contribution in [0.15, 0.2) is 24.3 Å². The van der Waals surface area contributed by atoms with E-state index in [1.165, 1.54) is 30.7 Å². The Hall–Kier alpha value is -1.03. The average Bonchev–Trinajstić information content (AvgIpc) is 2.79. The molecule has 1 amide bonds. The van der Waals surface area contributed by atoms with Gasteiger partial charge >= 0.3 is 0 Å². The summed E-state index contributed by atoms with van der Waals surface area (Å²) in [5.74, 6) is 0.884.